The third-order valence-corrected chi connectivity index (χ3v) is 2.21. The second-order valence-corrected chi connectivity index (χ2v) is 3.26. The Bertz CT molecular complexity index is 254. The highest BCUT2D eigenvalue weighted by atomic mass is 15.0. The van der Waals surface area contributed by atoms with E-state index in [1.54, 1.807) is 6.33 Å². The summed E-state index contributed by atoms with van der Waals surface area (Å²) in [6, 6.07) is 0.970. The van der Waals surface area contributed by atoms with Crippen LogP contribution in [0.5, 0.6) is 0 Å². The van der Waals surface area contributed by atoms with Crippen molar-refractivity contribution in [1.29, 1.82) is 0 Å². The van der Waals surface area contributed by atoms with E-state index in [4.69, 9.17) is 0 Å². The van der Waals surface area contributed by atoms with Gasteiger partial charge in [-0.3, -0.25) is 0 Å². The number of fused-ring (bicyclic) bond motifs is 1. The number of H-pyrrole nitrogens is 1. The van der Waals surface area contributed by atoms with Crippen molar-refractivity contribution in [3.8, 4) is 0 Å². The van der Waals surface area contributed by atoms with E-state index in [-0.39, 0.29) is 0 Å². The Morgan fingerprint density at radius 3 is 3.18 bits per heavy atom. The molecule has 0 aromatic carbocycles. The van der Waals surface area contributed by atoms with Gasteiger partial charge < -0.3 is 10.3 Å². The summed E-state index contributed by atoms with van der Waals surface area (Å²) in [6.07, 6.45) is 2.85. The van der Waals surface area contributed by atoms with Crippen molar-refractivity contribution in [2.45, 2.75) is 32.4 Å². The van der Waals surface area contributed by atoms with Crippen LogP contribution >= 0.6 is 0 Å². The Kier molecular flexibility index (Phi) is 1.46. The van der Waals surface area contributed by atoms with Crippen LogP contribution in [0, 0.1) is 0 Å². The average molecular weight is 151 g/mol. The maximum atomic E-state index is 4.25. The van der Waals surface area contributed by atoms with E-state index in [2.05, 4.69) is 29.1 Å². The van der Waals surface area contributed by atoms with Gasteiger partial charge in [-0.2, -0.15) is 0 Å². The molecule has 11 heavy (non-hydrogen) atoms. The van der Waals surface area contributed by atoms with Gasteiger partial charge in [0.2, 0.25) is 0 Å². The van der Waals surface area contributed by atoms with Gasteiger partial charge >= 0.3 is 0 Å². The molecule has 3 nitrogen and oxygen atoms in total. The van der Waals surface area contributed by atoms with Crippen molar-refractivity contribution < 1.29 is 0 Å². The maximum absolute atomic E-state index is 4.25. The zero-order chi connectivity index (χ0) is 7.84. The molecule has 0 saturated heterocycles. The number of rotatable bonds is 0. The lowest BCUT2D eigenvalue weighted by molar-refractivity contribution is 0.436. The Hall–Kier alpha value is -0.830. The first-order valence-corrected chi connectivity index (χ1v) is 4.05. The van der Waals surface area contributed by atoms with E-state index < -0.39 is 0 Å². The molecule has 0 unspecified atom stereocenters. The lowest BCUT2D eigenvalue weighted by Gasteiger charge is -2.24. The third-order valence-electron chi connectivity index (χ3n) is 2.21. The number of nitrogens with zero attached hydrogens (tertiary/aromatic N) is 1. The van der Waals surface area contributed by atoms with Crippen molar-refractivity contribution in [2.24, 2.45) is 0 Å². The molecule has 1 aromatic heterocycles. The number of aromatic nitrogens is 2. The molecule has 0 aliphatic carbocycles. The molecular weight excluding hydrogens is 138 g/mol. The molecule has 1 aromatic rings. The highest BCUT2D eigenvalue weighted by Gasteiger charge is 2.21. The second kappa shape index (κ2) is 2.34. The first kappa shape index (κ1) is 6.85. The van der Waals surface area contributed by atoms with Crippen LogP contribution in [0.15, 0.2) is 6.33 Å². The molecule has 2 N–H and O–H groups in total. The van der Waals surface area contributed by atoms with Crippen molar-refractivity contribution in [3.63, 3.8) is 0 Å². The van der Waals surface area contributed by atoms with Crippen molar-refractivity contribution >= 4 is 0 Å². The Morgan fingerprint density at radius 2 is 2.36 bits per heavy atom. The summed E-state index contributed by atoms with van der Waals surface area (Å²) in [7, 11) is 0. The van der Waals surface area contributed by atoms with Crippen LogP contribution in [0.2, 0.25) is 0 Å². The van der Waals surface area contributed by atoms with Crippen LogP contribution in [0.1, 0.15) is 31.3 Å². The molecule has 2 rings (SSSR count). The lowest BCUT2D eigenvalue weighted by atomic mass is 10.0. The normalized spacial score (nSPS) is 30.0. The number of nitrogens with one attached hydrogen (secondary N) is 2. The van der Waals surface area contributed by atoms with E-state index in [0.717, 1.165) is 6.42 Å². The summed E-state index contributed by atoms with van der Waals surface area (Å²) in [6.45, 7) is 4.34. The van der Waals surface area contributed by atoms with Gasteiger partial charge in [-0.05, 0) is 13.8 Å². The number of hydrogen-bond acceptors (Lipinski definition) is 2. The van der Waals surface area contributed by atoms with Crippen LogP contribution in [-0.4, -0.2) is 16.0 Å². The molecule has 0 fully saturated rings. The zero-order valence-corrected chi connectivity index (χ0v) is 6.89. The van der Waals surface area contributed by atoms with E-state index in [1.807, 2.05) is 0 Å². The average Bonchev–Trinajstić information content (AvgIpc) is 2.34. The van der Waals surface area contributed by atoms with Gasteiger partial charge in [0, 0.05) is 24.2 Å². The predicted molar refractivity (Wildman–Crippen MR) is 43.3 cm³/mol. The summed E-state index contributed by atoms with van der Waals surface area (Å²) in [5.41, 5.74) is 2.48. The number of imidazole rings is 1. The molecule has 60 valence electrons. The monoisotopic (exact) mass is 151 g/mol. The first-order valence-electron chi connectivity index (χ1n) is 4.05. The minimum atomic E-state index is 0.403. The molecule has 0 amide bonds. The van der Waals surface area contributed by atoms with Crippen molar-refractivity contribution in [2.75, 3.05) is 0 Å². The van der Waals surface area contributed by atoms with E-state index in [9.17, 15) is 0 Å². The van der Waals surface area contributed by atoms with E-state index in [1.165, 1.54) is 11.4 Å². The van der Waals surface area contributed by atoms with Crippen LogP contribution in [0.25, 0.3) is 0 Å². The quantitative estimate of drug-likeness (QED) is 0.581. The summed E-state index contributed by atoms with van der Waals surface area (Å²) in [5, 5.41) is 3.44. The zero-order valence-electron chi connectivity index (χ0n) is 6.89. The fourth-order valence-electron chi connectivity index (χ4n) is 1.74. The molecule has 0 bridgehead atoms. The van der Waals surface area contributed by atoms with Gasteiger partial charge in [0.15, 0.2) is 0 Å². The summed E-state index contributed by atoms with van der Waals surface area (Å²) in [5.74, 6) is 0. The largest absolute Gasteiger partial charge is 0.348 e. The molecule has 0 saturated carbocycles. The minimum Gasteiger partial charge on any atom is -0.348 e. The molecule has 1 aliphatic heterocycles. The smallest absolute Gasteiger partial charge is 0.0925 e. The van der Waals surface area contributed by atoms with Gasteiger partial charge in [0.1, 0.15) is 0 Å². The van der Waals surface area contributed by atoms with Crippen LogP contribution in [0.4, 0.5) is 0 Å². The summed E-state index contributed by atoms with van der Waals surface area (Å²) < 4.78 is 0. The van der Waals surface area contributed by atoms with Gasteiger partial charge in [-0.15, -0.1) is 0 Å². The Morgan fingerprint density at radius 1 is 1.55 bits per heavy atom. The topological polar surface area (TPSA) is 40.7 Å². The lowest BCUT2D eigenvalue weighted by Crippen LogP contribution is -2.35. The molecule has 0 radical (unpaired) electrons. The molecule has 2 atom stereocenters. The van der Waals surface area contributed by atoms with Crippen LogP contribution in [0.3, 0.4) is 0 Å². The maximum Gasteiger partial charge on any atom is 0.0925 e. The van der Waals surface area contributed by atoms with Crippen molar-refractivity contribution in [1.82, 2.24) is 15.3 Å². The van der Waals surface area contributed by atoms with E-state index >= 15 is 0 Å². The fourth-order valence-corrected chi connectivity index (χ4v) is 1.74. The minimum absolute atomic E-state index is 0.403. The Balaban J connectivity index is 2.36. The van der Waals surface area contributed by atoms with Gasteiger partial charge in [-0.1, -0.05) is 0 Å². The number of hydrogen-bond donors (Lipinski definition) is 2. The molecule has 0 spiro atoms. The van der Waals surface area contributed by atoms with Gasteiger partial charge in [-0.25, -0.2) is 4.98 Å². The third kappa shape index (κ3) is 1.05. The number of aromatic amines is 1. The highest BCUT2D eigenvalue weighted by molar-refractivity contribution is 5.19. The standard InChI is InChI=1S/C8H13N3/c1-5-3-7-8(6(2)11-5)10-4-9-7/h4-6,11H,3H2,1-2H3,(H,9,10)/t5-,6-/m1/s1. The van der Waals surface area contributed by atoms with E-state index in [0.29, 0.717) is 12.1 Å². The fraction of sp³-hybridized carbons (Fsp3) is 0.625. The molecular formula is C8H13N3. The van der Waals surface area contributed by atoms with Gasteiger partial charge in [0.25, 0.3) is 0 Å². The van der Waals surface area contributed by atoms with Crippen LogP contribution in [-0.2, 0) is 6.42 Å². The predicted octanol–water partition coefficient (Wildman–Crippen LogP) is 1.00. The summed E-state index contributed by atoms with van der Waals surface area (Å²) >= 11 is 0. The summed E-state index contributed by atoms with van der Waals surface area (Å²) in [4.78, 5) is 7.42. The van der Waals surface area contributed by atoms with Crippen molar-refractivity contribution in [3.05, 3.63) is 17.7 Å². The molecule has 2 heterocycles. The van der Waals surface area contributed by atoms with Crippen LogP contribution < -0.4 is 5.32 Å². The second-order valence-electron chi connectivity index (χ2n) is 3.26. The first-order chi connectivity index (χ1) is 5.27. The molecule has 1 aliphatic rings. The highest BCUT2D eigenvalue weighted by Crippen LogP contribution is 2.20. The van der Waals surface area contributed by atoms with Gasteiger partial charge in [0.05, 0.1) is 12.0 Å². The Labute approximate surface area is 66.2 Å². The molecule has 3 heteroatoms. The SMILES string of the molecule is C[C@@H]1Cc2[nH]cnc2[C@@H](C)N1.